The first-order chi connectivity index (χ1) is 27.2. The lowest BCUT2D eigenvalue weighted by atomic mass is 9.90. The molecule has 1 unspecified atom stereocenters. The van der Waals surface area contributed by atoms with Crippen LogP contribution < -0.4 is 14.8 Å². The minimum absolute atomic E-state index is 0. The number of nitroso groups, excluding NO2 is 1. The molecule has 4 rings (SSSR count). The van der Waals surface area contributed by atoms with Crippen molar-refractivity contribution in [2.45, 2.75) is 134 Å². The molecule has 57 heavy (non-hydrogen) atoms. The van der Waals surface area contributed by atoms with E-state index in [4.69, 9.17) is 18.9 Å². The van der Waals surface area contributed by atoms with Gasteiger partial charge in [0, 0.05) is 58.5 Å². The number of hydrogen-bond donors (Lipinski definition) is 0. The number of Topliss-reactive ketones (excluding diaryl/α,β-unsaturated/α-hetero) is 1. The number of unbranched alkanes of at least 4 members (excludes halogenated alkanes) is 7. The molecule has 0 saturated carbocycles. The van der Waals surface area contributed by atoms with Crippen LogP contribution in [0.2, 0.25) is 0 Å². The molecule has 9 heteroatoms. The van der Waals surface area contributed by atoms with Crippen LogP contribution in [0.4, 0.5) is 5.69 Å². The van der Waals surface area contributed by atoms with E-state index < -0.39 is 0 Å². The molecule has 0 bridgehead atoms. The summed E-state index contributed by atoms with van der Waals surface area (Å²) in [5.74, 6) is 1.00. The van der Waals surface area contributed by atoms with E-state index in [0.717, 1.165) is 103 Å². The van der Waals surface area contributed by atoms with Crippen molar-refractivity contribution >= 4 is 34.8 Å². The molecular formula is C48H74N3O6+. The molecule has 316 valence electrons. The molecule has 9 nitrogen and oxygen atoms in total. The van der Waals surface area contributed by atoms with Crippen molar-refractivity contribution in [2.75, 3.05) is 37.7 Å². The fourth-order valence-corrected chi connectivity index (χ4v) is 6.67. The summed E-state index contributed by atoms with van der Waals surface area (Å²) in [6.07, 6.45) is 9.99. The Balaban J connectivity index is 0.00000323. The topological polar surface area (TPSA) is 109 Å². The minimum atomic E-state index is -0.285. The number of esters is 1. The molecule has 2 aromatic rings. The van der Waals surface area contributed by atoms with Gasteiger partial charge >= 0.3 is 5.97 Å². The van der Waals surface area contributed by atoms with Crippen molar-refractivity contribution in [3.05, 3.63) is 76.5 Å². The van der Waals surface area contributed by atoms with Crippen molar-refractivity contribution in [1.82, 2.24) is 4.58 Å². The van der Waals surface area contributed by atoms with E-state index in [9.17, 15) is 9.59 Å². The summed E-state index contributed by atoms with van der Waals surface area (Å²) in [6.45, 7) is 24.4. The van der Waals surface area contributed by atoms with Crippen LogP contribution in [0.5, 0.6) is 0 Å². The summed E-state index contributed by atoms with van der Waals surface area (Å²) in [5, 5.41) is 3.90. The molecule has 2 aromatic carbocycles. The Kier molecular flexibility index (Phi) is 28.0. The summed E-state index contributed by atoms with van der Waals surface area (Å²) in [5.41, 5.74) is 5.32. The Morgan fingerprint density at radius 1 is 0.807 bits per heavy atom. The highest BCUT2D eigenvalue weighted by molar-refractivity contribution is 6.08. The van der Waals surface area contributed by atoms with Crippen molar-refractivity contribution in [3.63, 3.8) is 0 Å². The molecule has 1 amide bonds. The van der Waals surface area contributed by atoms with E-state index in [0.29, 0.717) is 18.0 Å². The quantitative estimate of drug-likeness (QED) is 0.0219. The molecule has 2 aliphatic rings. The number of hydrogen-bond acceptors (Lipinski definition) is 7. The summed E-state index contributed by atoms with van der Waals surface area (Å²) < 4.78 is 14.8. The molecule has 0 spiro atoms. The fraction of sp³-hybridized carbons (Fsp3) is 0.542. The lowest BCUT2D eigenvalue weighted by molar-refractivity contribution is -0.120. The van der Waals surface area contributed by atoms with Gasteiger partial charge in [0.05, 0.1) is 18.2 Å². The van der Waals surface area contributed by atoms with Gasteiger partial charge in [0.25, 0.3) is 6.41 Å². The Bertz CT molecular complexity index is 1780. The standard InChI is InChI=1S/C42H57N2O4.2C2H6.CHNO2.CH4/c1-7-43(8-2)33-24-26-37-39(29-33)48-40-30-34(44(9-3)10-4)25-27-38(40)41(37)35-22-18-19-23-36(35)42(46)47-28-20-16-14-12-11-13-15-17-21-31(5)32(6)45;2*1-2;3-1-2-4;/h18-19,22-27,29-31H,7-17,20-21,28H2,1-6H3;2*1-2H3;1H;1H4/q+1;;;;. The molecular weight excluding hydrogens is 715 g/mol. The molecule has 0 radical (unpaired) electrons. The zero-order valence-electron chi connectivity index (χ0n) is 36.1. The summed E-state index contributed by atoms with van der Waals surface area (Å²) in [4.78, 5) is 44.6. The van der Waals surface area contributed by atoms with E-state index in [1.54, 1.807) is 12.1 Å². The minimum Gasteiger partial charge on any atom is -0.462 e. The molecule has 1 aliphatic carbocycles. The highest BCUT2D eigenvalue weighted by Crippen LogP contribution is 2.42. The van der Waals surface area contributed by atoms with E-state index in [-0.39, 0.29) is 25.7 Å². The largest absolute Gasteiger partial charge is 0.462 e. The van der Waals surface area contributed by atoms with Crippen LogP contribution in [0, 0.1) is 10.8 Å². The van der Waals surface area contributed by atoms with Crippen LogP contribution in [-0.4, -0.2) is 50.9 Å². The van der Waals surface area contributed by atoms with Crippen molar-refractivity contribution in [3.8, 4) is 22.5 Å². The van der Waals surface area contributed by atoms with Gasteiger partial charge in [0.15, 0.2) is 0 Å². The highest BCUT2D eigenvalue weighted by Gasteiger charge is 2.23. The van der Waals surface area contributed by atoms with Gasteiger partial charge in [-0.3, -0.25) is 9.59 Å². The van der Waals surface area contributed by atoms with Crippen LogP contribution in [0.25, 0.3) is 33.4 Å². The summed E-state index contributed by atoms with van der Waals surface area (Å²) in [7, 11) is 0. The Hall–Kier alpha value is -4.66. The van der Waals surface area contributed by atoms with Gasteiger partial charge in [-0.05, 0) is 77.3 Å². The third-order valence-electron chi connectivity index (χ3n) is 9.86. The fourth-order valence-electron chi connectivity index (χ4n) is 6.67. The number of fused-ring (bicyclic) bond motifs is 2. The number of ketones is 1. The van der Waals surface area contributed by atoms with Gasteiger partial charge in [-0.25, -0.2) is 9.37 Å². The number of anilines is 1. The predicted octanol–water partition coefficient (Wildman–Crippen LogP) is 12.4. The molecule has 0 N–H and O–H groups in total. The number of benzene rings is 3. The van der Waals surface area contributed by atoms with Gasteiger partial charge in [-0.1, -0.05) is 105 Å². The van der Waals surface area contributed by atoms with E-state index in [1.165, 1.54) is 25.7 Å². The van der Waals surface area contributed by atoms with Gasteiger partial charge < -0.3 is 14.1 Å². The lowest BCUT2D eigenvalue weighted by Crippen LogP contribution is -2.29. The SMILES string of the molecule is C.CC.CC.CCN(CC)c1ccc2c(-c3ccccc3C(=O)OCCCCCCCCCCC(C)C(C)=O)c3ccc(=[N+](CC)CC)cc-3oc2c1.O=CN=O. The first-order valence-electron chi connectivity index (χ1n) is 21.1. The van der Waals surface area contributed by atoms with E-state index in [1.807, 2.05) is 58.9 Å². The maximum atomic E-state index is 13.6. The molecule has 1 atom stereocenters. The summed E-state index contributed by atoms with van der Waals surface area (Å²) >= 11 is 0. The predicted molar refractivity (Wildman–Crippen MR) is 241 cm³/mol. The van der Waals surface area contributed by atoms with Crippen molar-refractivity contribution in [1.29, 1.82) is 0 Å². The normalized spacial score (nSPS) is 10.6. The number of ether oxygens (including phenoxy) is 1. The molecule has 0 aromatic heterocycles. The van der Waals surface area contributed by atoms with Gasteiger partial charge in [-0.15, -0.1) is 4.91 Å². The zero-order chi connectivity index (χ0) is 41.9. The summed E-state index contributed by atoms with van der Waals surface area (Å²) in [6, 6.07) is 20.6. The Morgan fingerprint density at radius 2 is 1.39 bits per heavy atom. The average molecular weight is 789 g/mol. The Labute approximate surface area is 344 Å². The molecule has 1 heterocycles. The van der Waals surface area contributed by atoms with Crippen LogP contribution >= 0.6 is 0 Å². The molecule has 0 saturated heterocycles. The third kappa shape index (κ3) is 16.4. The first kappa shape index (κ1) is 52.3. The van der Waals surface area contributed by atoms with Crippen LogP contribution in [0.15, 0.2) is 70.3 Å². The van der Waals surface area contributed by atoms with Gasteiger partial charge in [-0.2, -0.15) is 0 Å². The highest BCUT2D eigenvalue weighted by atomic mass is 16.5. The van der Waals surface area contributed by atoms with Crippen LogP contribution in [-0.2, 0) is 14.3 Å². The van der Waals surface area contributed by atoms with E-state index >= 15 is 0 Å². The number of carbonyl (C=O) groups excluding carboxylic acids is 3. The third-order valence-corrected chi connectivity index (χ3v) is 9.86. The smallest absolute Gasteiger partial charge is 0.338 e. The first-order valence-corrected chi connectivity index (χ1v) is 21.1. The number of amides is 1. The van der Waals surface area contributed by atoms with Crippen LogP contribution in [0.3, 0.4) is 0 Å². The molecule has 1 aliphatic heterocycles. The maximum Gasteiger partial charge on any atom is 0.338 e. The monoisotopic (exact) mass is 789 g/mol. The van der Waals surface area contributed by atoms with Gasteiger partial charge in [0.1, 0.15) is 30.2 Å². The second-order valence-electron chi connectivity index (χ2n) is 13.2. The zero-order valence-corrected chi connectivity index (χ0v) is 36.1. The molecule has 0 fully saturated rings. The average Bonchev–Trinajstić information content (AvgIpc) is 3.24. The lowest BCUT2D eigenvalue weighted by Gasteiger charge is -2.22. The second-order valence-corrected chi connectivity index (χ2v) is 13.2. The van der Waals surface area contributed by atoms with E-state index in [2.05, 4.69) is 73.6 Å². The Morgan fingerprint density at radius 3 is 1.95 bits per heavy atom. The second kappa shape index (κ2) is 30.5. The number of nitrogens with zero attached hydrogens (tertiary/aromatic N) is 3. The number of rotatable bonds is 20. The number of carbonyl (C=O) groups is 3. The van der Waals surface area contributed by atoms with Crippen LogP contribution in [0.1, 0.15) is 145 Å². The maximum absolute atomic E-state index is 13.6. The van der Waals surface area contributed by atoms with Crippen molar-refractivity contribution in [2.24, 2.45) is 11.1 Å². The van der Waals surface area contributed by atoms with Gasteiger partial charge in [0.2, 0.25) is 5.36 Å². The van der Waals surface area contributed by atoms with Crippen molar-refractivity contribution < 1.29 is 23.5 Å².